The molecule has 0 aromatic heterocycles. The van der Waals surface area contributed by atoms with E-state index in [-0.39, 0.29) is 11.6 Å². The highest BCUT2D eigenvalue weighted by Crippen LogP contribution is 2.54. The van der Waals surface area contributed by atoms with Crippen LogP contribution in [0, 0.1) is 62.5 Å². The molecule has 1 heterocycles. The summed E-state index contributed by atoms with van der Waals surface area (Å²) in [6, 6.07) is 11.9. The van der Waals surface area contributed by atoms with Crippen LogP contribution in [0.2, 0.25) is 0 Å². The summed E-state index contributed by atoms with van der Waals surface area (Å²) in [5.41, 5.74) is -0.410. The van der Waals surface area contributed by atoms with Gasteiger partial charge in [-0.05, 0) is 23.3 Å². The molecule has 6 heteroatoms. The molecule has 4 nitrogen and oxygen atoms in total. The molecular formula is C18H13FN4S. The molecule has 1 aliphatic carbocycles. The third kappa shape index (κ3) is 2.21. The van der Waals surface area contributed by atoms with E-state index >= 15 is 0 Å². The number of hydrogen-bond acceptors (Lipinski definition) is 5. The molecule has 1 aliphatic heterocycles. The molecule has 1 aromatic rings. The molecule has 0 amide bonds. The Kier molecular flexibility index (Phi) is 4.14. The lowest BCUT2D eigenvalue weighted by Gasteiger charge is -2.45. The van der Waals surface area contributed by atoms with Gasteiger partial charge in [0.2, 0.25) is 0 Å². The van der Waals surface area contributed by atoms with E-state index in [0.717, 1.165) is 11.3 Å². The van der Waals surface area contributed by atoms with E-state index in [4.69, 9.17) is 5.41 Å². The molecule has 0 unspecified atom stereocenters. The van der Waals surface area contributed by atoms with Crippen molar-refractivity contribution in [3.05, 3.63) is 47.3 Å². The zero-order valence-electron chi connectivity index (χ0n) is 12.7. The molecule has 0 radical (unpaired) electrons. The van der Waals surface area contributed by atoms with Gasteiger partial charge in [-0.15, -0.1) is 0 Å². The first kappa shape index (κ1) is 16.2. The van der Waals surface area contributed by atoms with E-state index < -0.39 is 23.1 Å². The van der Waals surface area contributed by atoms with Crippen LogP contribution in [0.15, 0.2) is 35.9 Å². The van der Waals surface area contributed by atoms with Gasteiger partial charge in [0.25, 0.3) is 0 Å². The van der Waals surface area contributed by atoms with Crippen molar-refractivity contribution >= 4 is 17.5 Å². The van der Waals surface area contributed by atoms with Gasteiger partial charge in [0, 0.05) is 23.3 Å². The summed E-state index contributed by atoms with van der Waals surface area (Å²) in [6.07, 6.45) is 1.94. The molecule has 0 saturated heterocycles. The fourth-order valence-electron chi connectivity index (χ4n) is 3.66. The van der Waals surface area contributed by atoms with E-state index in [2.05, 4.69) is 6.07 Å². The Balaban J connectivity index is 2.24. The maximum Gasteiger partial charge on any atom is 0.189 e. The summed E-state index contributed by atoms with van der Waals surface area (Å²) in [5.74, 6) is -0.583. The number of fused-ring (bicyclic) bond motifs is 1. The van der Waals surface area contributed by atoms with Gasteiger partial charge < -0.3 is 5.41 Å². The summed E-state index contributed by atoms with van der Waals surface area (Å²) >= 11 is 1.67. The minimum absolute atomic E-state index is 0.168. The van der Waals surface area contributed by atoms with E-state index in [1.165, 1.54) is 12.1 Å². The van der Waals surface area contributed by atoms with Crippen molar-refractivity contribution in [1.29, 1.82) is 21.2 Å². The number of benzene rings is 1. The normalized spacial score (nSPS) is 27.8. The van der Waals surface area contributed by atoms with Crippen LogP contribution in [0.25, 0.3) is 0 Å². The van der Waals surface area contributed by atoms with Crippen molar-refractivity contribution in [2.24, 2.45) is 17.3 Å². The minimum atomic E-state index is -1.71. The number of halogens is 1. The number of nitriles is 3. The van der Waals surface area contributed by atoms with Gasteiger partial charge >= 0.3 is 0 Å². The van der Waals surface area contributed by atoms with Crippen LogP contribution in [0.3, 0.4) is 0 Å². The average Bonchev–Trinajstić information content (AvgIpc) is 2.62. The van der Waals surface area contributed by atoms with Gasteiger partial charge in [0.05, 0.1) is 23.9 Å². The van der Waals surface area contributed by atoms with Crippen molar-refractivity contribution in [2.75, 3.05) is 11.5 Å². The Morgan fingerprint density at radius 2 is 1.83 bits per heavy atom. The summed E-state index contributed by atoms with van der Waals surface area (Å²) in [7, 11) is 0. The maximum absolute atomic E-state index is 13.3. The minimum Gasteiger partial charge on any atom is -0.305 e. The van der Waals surface area contributed by atoms with Crippen molar-refractivity contribution in [2.45, 2.75) is 5.92 Å². The molecule has 0 bridgehead atoms. The van der Waals surface area contributed by atoms with Gasteiger partial charge in [-0.25, -0.2) is 4.39 Å². The molecule has 1 aromatic carbocycles. The van der Waals surface area contributed by atoms with Crippen LogP contribution in [0.5, 0.6) is 0 Å². The molecule has 2 aliphatic rings. The summed E-state index contributed by atoms with van der Waals surface area (Å²) in [5, 5.41) is 37.5. The van der Waals surface area contributed by atoms with Crippen molar-refractivity contribution < 1.29 is 4.39 Å². The SMILES string of the molecule is N#C[C@H]1C(=N)C(C#N)(C#N)[C@H](c2ccc(F)cc2)[C@@H]2CSCC=C12. The fraction of sp³-hybridized carbons (Fsp3) is 0.333. The number of allylic oxidation sites excluding steroid dienone is 1. The van der Waals surface area contributed by atoms with E-state index in [1.54, 1.807) is 23.9 Å². The highest BCUT2D eigenvalue weighted by atomic mass is 32.2. The monoisotopic (exact) mass is 336 g/mol. The van der Waals surface area contributed by atoms with Crippen LogP contribution in [-0.4, -0.2) is 17.2 Å². The molecule has 1 saturated carbocycles. The third-order valence-electron chi connectivity index (χ3n) is 4.79. The molecule has 3 rings (SSSR count). The standard InChI is InChI=1S/C18H13FN4S/c19-12-3-1-11(2-4-12)16-15-8-24-6-5-13(15)14(7-20)17(23)18(16,9-21)10-22/h1-5,14-16,23H,6,8H2/t14-,15-,16-/m1/s1. The Labute approximate surface area is 143 Å². The maximum atomic E-state index is 13.3. The van der Waals surface area contributed by atoms with Crippen molar-refractivity contribution in [3.63, 3.8) is 0 Å². The topological polar surface area (TPSA) is 95.2 Å². The molecule has 3 atom stereocenters. The second kappa shape index (κ2) is 6.11. The zero-order valence-corrected chi connectivity index (χ0v) is 13.5. The van der Waals surface area contributed by atoms with Crippen LogP contribution in [0.1, 0.15) is 11.5 Å². The molecular weight excluding hydrogens is 323 g/mol. The van der Waals surface area contributed by atoms with Gasteiger partial charge in [-0.3, -0.25) is 0 Å². The first-order valence-corrected chi connectivity index (χ1v) is 8.58. The van der Waals surface area contributed by atoms with E-state index in [9.17, 15) is 20.2 Å². The Hall–Kier alpha value is -2.62. The molecule has 1 fully saturated rings. The molecule has 1 N–H and O–H groups in total. The molecule has 0 spiro atoms. The van der Waals surface area contributed by atoms with Crippen LogP contribution in [0.4, 0.5) is 4.39 Å². The predicted octanol–water partition coefficient (Wildman–Crippen LogP) is 3.41. The second-order valence-corrected chi connectivity index (χ2v) is 6.96. The van der Waals surface area contributed by atoms with Gasteiger partial charge in [0.1, 0.15) is 11.7 Å². The largest absolute Gasteiger partial charge is 0.305 e. The van der Waals surface area contributed by atoms with Gasteiger partial charge in [-0.1, -0.05) is 18.2 Å². The van der Waals surface area contributed by atoms with E-state index in [0.29, 0.717) is 11.3 Å². The number of rotatable bonds is 1. The number of hydrogen-bond donors (Lipinski definition) is 1. The van der Waals surface area contributed by atoms with Crippen LogP contribution >= 0.6 is 11.8 Å². The summed E-state index contributed by atoms with van der Waals surface area (Å²) in [6.45, 7) is 0. The second-order valence-electron chi connectivity index (χ2n) is 5.88. The molecule has 24 heavy (non-hydrogen) atoms. The lowest BCUT2D eigenvalue weighted by atomic mass is 9.55. The number of nitrogens with one attached hydrogen (secondary N) is 1. The number of thioether (sulfide) groups is 1. The highest BCUT2D eigenvalue weighted by Gasteiger charge is 2.57. The predicted molar refractivity (Wildman–Crippen MR) is 88.5 cm³/mol. The van der Waals surface area contributed by atoms with Crippen LogP contribution < -0.4 is 0 Å². The Morgan fingerprint density at radius 3 is 2.42 bits per heavy atom. The smallest absolute Gasteiger partial charge is 0.189 e. The summed E-state index contributed by atoms with van der Waals surface area (Å²) < 4.78 is 13.3. The quantitative estimate of drug-likeness (QED) is 0.795. The lowest BCUT2D eigenvalue weighted by molar-refractivity contribution is 0.378. The molecule has 118 valence electrons. The highest BCUT2D eigenvalue weighted by molar-refractivity contribution is 7.99. The van der Waals surface area contributed by atoms with Crippen LogP contribution in [-0.2, 0) is 0 Å². The van der Waals surface area contributed by atoms with Crippen molar-refractivity contribution in [3.8, 4) is 18.2 Å². The average molecular weight is 336 g/mol. The first-order chi connectivity index (χ1) is 11.6. The third-order valence-corrected chi connectivity index (χ3v) is 5.79. The van der Waals surface area contributed by atoms with E-state index in [1.807, 2.05) is 18.2 Å². The lowest BCUT2D eigenvalue weighted by Crippen LogP contribution is -2.49. The number of nitrogens with zero attached hydrogens (tertiary/aromatic N) is 3. The zero-order chi connectivity index (χ0) is 17.3. The Morgan fingerprint density at radius 1 is 1.17 bits per heavy atom. The van der Waals surface area contributed by atoms with Gasteiger partial charge in [0.15, 0.2) is 5.41 Å². The van der Waals surface area contributed by atoms with Gasteiger partial charge in [-0.2, -0.15) is 27.5 Å². The first-order valence-electron chi connectivity index (χ1n) is 7.43. The summed E-state index contributed by atoms with van der Waals surface area (Å²) in [4.78, 5) is 0. The Bertz CT molecular complexity index is 824. The van der Waals surface area contributed by atoms with Crippen molar-refractivity contribution in [1.82, 2.24) is 0 Å². The fourth-order valence-corrected chi connectivity index (χ4v) is 4.74.